The number of rotatable bonds is 1. The second-order valence-corrected chi connectivity index (χ2v) is 4.75. The third-order valence-electron chi connectivity index (χ3n) is 3.33. The molecule has 2 atom stereocenters. The Hall–Kier alpha value is -0.820. The molecule has 1 N–H and O–H groups in total. The summed E-state index contributed by atoms with van der Waals surface area (Å²) in [5, 5.41) is 10.4. The Morgan fingerprint density at radius 3 is 2.43 bits per heavy atom. The number of benzene rings is 1. The molecule has 0 aliphatic heterocycles. The zero-order valence-electron chi connectivity index (χ0n) is 8.96. The molecule has 0 spiro atoms. The van der Waals surface area contributed by atoms with Crippen molar-refractivity contribution in [3.63, 3.8) is 0 Å². The van der Waals surface area contributed by atoms with Crippen molar-refractivity contribution in [3.05, 3.63) is 35.4 Å². The quantitative estimate of drug-likeness (QED) is 0.721. The Bertz CT molecular complexity index is 315. The SMILES string of the molecule is Cc1ccc([C@@]2(O)CC[C@@H](C)C2)cc1. The Kier molecular flexibility index (Phi) is 2.36. The van der Waals surface area contributed by atoms with Gasteiger partial charge in [-0.05, 0) is 37.7 Å². The van der Waals surface area contributed by atoms with Crippen molar-refractivity contribution in [1.29, 1.82) is 0 Å². The van der Waals surface area contributed by atoms with Gasteiger partial charge in [0, 0.05) is 0 Å². The van der Waals surface area contributed by atoms with Crippen molar-refractivity contribution in [2.45, 2.75) is 38.7 Å². The maximum Gasteiger partial charge on any atom is 0.0899 e. The van der Waals surface area contributed by atoms with E-state index in [1.807, 2.05) is 0 Å². The predicted molar refractivity (Wildman–Crippen MR) is 58.1 cm³/mol. The van der Waals surface area contributed by atoms with E-state index in [-0.39, 0.29) is 0 Å². The molecule has 0 saturated heterocycles. The summed E-state index contributed by atoms with van der Waals surface area (Å²) in [6.45, 7) is 4.29. The molecule has 0 radical (unpaired) electrons. The van der Waals surface area contributed by atoms with E-state index in [2.05, 4.69) is 38.1 Å². The van der Waals surface area contributed by atoms with E-state index in [1.165, 1.54) is 5.56 Å². The lowest BCUT2D eigenvalue weighted by Crippen LogP contribution is -2.21. The molecular formula is C13H18O. The Morgan fingerprint density at radius 2 is 1.93 bits per heavy atom. The second kappa shape index (κ2) is 3.39. The minimum absolute atomic E-state index is 0.548. The van der Waals surface area contributed by atoms with E-state index in [0.29, 0.717) is 5.92 Å². The first-order valence-electron chi connectivity index (χ1n) is 5.40. The first-order valence-corrected chi connectivity index (χ1v) is 5.40. The van der Waals surface area contributed by atoms with E-state index in [4.69, 9.17) is 0 Å². The van der Waals surface area contributed by atoms with E-state index in [1.54, 1.807) is 0 Å². The molecule has 1 fully saturated rings. The Balaban J connectivity index is 2.26. The van der Waals surface area contributed by atoms with Crippen LogP contribution in [0.1, 0.15) is 37.3 Å². The smallest absolute Gasteiger partial charge is 0.0899 e. The fourth-order valence-electron chi connectivity index (χ4n) is 2.39. The molecule has 0 bridgehead atoms. The van der Waals surface area contributed by atoms with Gasteiger partial charge in [-0.15, -0.1) is 0 Å². The van der Waals surface area contributed by atoms with Crippen LogP contribution >= 0.6 is 0 Å². The molecule has 1 heteroatoms. The topological polar surface area (TPSA) is 20.2 Å². The van der Waals surface area contributed by atoms with Gasteiger partial charge < -0.3 is 5.11 Å². The van der Waals surface area contributed by atoms with Gasteiger partial charge in [-0.2, -0.15) is 0 Å². The van der Waals surface area contributed by atoms with Crippen LogP contribution in [0.5, 0.6) is 0 Å². The number of hydrogen-bond donors (Lipinski definition) is 1. The van der Waals surface area contributed by atoms with Crippen LogP contribution in [0.15, 0.2) is 24.3 Å². The van der Waals surface area contributed by atoms with Crippen LogP contribution in [-0.4, -0.2) is 5.11 Å². The van der Waals surface area contributed by atoms with Crippen molar-refractivity contribution in [2.75, 3.05) is 0 Å². The van der Waals surface area contributed by atoms with Crippen LogP contribution in [0.3, 0.4) is 0 Å². The zero-order valence-corrected chi connectivity index (χ0v) is 8.96. The van der Waals surface area contributed by atoms with Gasteiger partial charge in [0.2, 0.25) is 0 Å². The Morgan fingerprint density at radius 1 is 1.29 bits per heavy atom. The van der Waals surface area contributed by atoms with Crippen LogP contribution in [0, 0.1) is 12.8 Å². The molecule has 0 unspecified atom stereocenters. The molecule has 76 valence electrons. The minimum atomic E-state index is -0.548. The van der Waals surface area contributed by atoms with Crippen LogP contribution in [0.25, 0.3) is 0 Å². The van der Waals surface area contributed by atoms with Gasteiger partial charge in [0.05, 0.1) is 5.60 Å². The van der Waals surface area contributed by atoms with Crippen LogP contribution in [0.2, 0.25) is 0 Å². The minimum Gasteiger partial charge on any atom is -0.385 e. The van der Waals surface area contributed by atoms with Gasteiger partial charge in [-0.25, -0.2) is 0 Å². The molecular weight excluding hydrogens is 172 g/mol. The lowest BCUT2D eigenvalue weighted by molar-refractivity contribution is 0.0408. The van der Waals surface area contributed by atoms with Gasteiger partial charge in [-0.1, -0.05) is 36.8 Å². The molecule has 1 aliphatic rings. The molecule has 1 aromatic carbocycles. The summed E-state index contributed by atoms with van der Waals surface area (Å²) in [7, 11) is 0. The van der Waals surface area contributed by atoms with Crippen molar-refractivity contribution in [3.8, 4) is 0 Å². The lowest BCUT2D eigenvalue weighted by Gasteiger charge is -2.23. The van der Waals surface area contributed by atoms with E-state index >= 15 is 0 Å². The molecule has 0 aromatic heterocycles. The van der Waals surface area contributed by atoms with E-state index in [9.17, 15) is 5.11 Å². The summed E-state index contributed by atoms with van der Waals surface area (Å²) in [6, 6.07) is 8.29. The highest BCUT2D eigenvalue weighted by Crippen LogP contribution is 2.41. The Labute approximate surface area is 85.8 Å². The summed E-state index contributed by atoms with van der Waals surface area (Å²) >= 11 is 0. The third-order valence-corrected chi connectivity index (χ3v) is 3.33. The normalized spacial score (nSPS) is 32.1. The van der Waals surface area contributed by atoms with Crippen molar-refractivity contribution >= 4 is 0 Å². The molecule has 1 aliphatic carbocycles. The molecule has 14 heavy (non-hydrogen) atoms. The van der Waals surface area contributed by atoms with Crippen LogP contribution < -0.4 is 0 Å². The highest BCUT2D eigenvalue weighted by molar-refractivity contribution is 5.27. The summed E-state index contributed by atoms with van der Waals surface area (Å²) < 4.78 is 0. The van der Waals surface area contributed by atoms with Crippen molar-refractivity contribution < 1.29 is 5.11 Å². The number of hydrogen-bond acceptors (Lipinski definition) is 1. The second-order valence-electron chi connectivity index (χ2n) is 4.75. The number of aryl methyl sites for hydroxylation is 1. The molecule has 1 nitrogen and oxygen atoms in total. The van der Waals surface area contributed by atoms with Crippen LogP contribution in [0.4, 0.5) is 0 Å². The predicted octanol–water partition coefficient (Wildman–Crippen LogP) is 3.00. The molecule has 0 heterocycles. The maximum atomic E-state index is 10.4. The average molecular weight is 190 g/mol. The third kappa shape index (κ3) is 1.69. The first-order chi connectivity index (χ1) is 6.60. The largest absolute Gasteiger partial charge is 0.385 e. The highest BCUT2D eigenvalue weighted by atomic mass is 16.3. The van der Waals surface area contributed by atoms with Gasteiger partial charge in [-0.3, -0.25) is 0 Å². The van der Waals surface area contributed by atoms with Crippen molar-refractivity contribution in [1.82, 2.24) is 0 Å². The van der Waals surface area contributed by atoms with Gasteiger partial charge in [0.25, 0.3) is 0 Å². The monoisotopic (exact) mass is 190 g/mol. The zero-order chi connectivity index (χ0) is 10.2. The number of aliphatic hydroxyl groups is 1. The van der Waals surface area contributed by atoms with Gasteiger partial charge in [0.15, 0.2) is 0 Å². The molecule has 1 aromatic rings. The molecule has 1 saturated carbocycles. The summed E-state index contributed by atoms with van der Waals surface area (Å²) in [5.74, 6) is 0.654. The van der Waals surface area contributed by atoms with Gasteiger partial charge >= 0.3 is 0 Å². The maximum absolute atomic E-state index is 10.4. The molecule has 0 amide bonds. The standard InChI is InChI=1S/C13H18O/c1-10-3-5-12(6-4-10)13(14)8-7-11(2)9-13/h3-6,11,14H,7-9H2,1-2H3/t11-,13-/m1/s1. The van der Waals surface area contributed by atoms with Gasteiger partial charge in [0.1, 0.15) is 0 Å². The lowest BCUT2D eigenvalue weighted by atomic mass is 9.91. The van der Waals surface area contributed by atoms with E-state index < -0.39 is 5.60 Å². The van der Waals surface area contributed by atoms with E-state index in [0.717, 1.165) is 24.8 Å². The fraction of sp³-hybridized carbons (Fsp3) is 0.538. The summed E-state index contributed by atoms with van der Waals surface area (Å²) in [5.41, 5.74) is 1.79. The van der Waals surface area contributed by atoms with Crippen LogP contribution in [-0.2, 0) is 5.60 Å². The average Bonchev–Trinajstić information content (AvgIpc) is 2.48. The fourth-order valence-corrected chi connectivity index (χ4v) is 2.39. The van der Waals surface area contributed by atoms with Crippen molar-refractivity contribution in [2.24, 2.45) is 5.92 Å². The summed E-state index contributed by atoms with van der Waals surface area (Å²) in [4.78, 5) is 0. The highest BCUT2D eigenvalue weighted by Gasteiger charge is 2.36. The first kappa shape index (κ1) is 9.72. The molecule has 2 rings (SSSR count). The summed E-state index contributed by atoms with van der Waals surface area (Å²) in [6.07, 6.45) is 2.97.